The van der Waals surface area contributed by atoms with Crippen molar-refractivity contribution in [2.45, 2.75) is 42.0 Å². The molecule has 9 nitrogen and oxygen atoms in total. The van der Waals surface area contributed by atoms with Crippen molar-refractivity contribution < 1.29 is 26.4 Å². The smallest absolute Gasteiger partial charge is 0.255 e. The molecule has 1 unspecified atom stereocenters. The number of carbonyl (C=O) groups is 1. The summed E-state index contributed by atoms with van der Waals surface area (Å²) in [6.07, 6.45) is 2.52. The molecule has 0 spiro atoms. The first-order valence-corrected chi connectivity index (χ1v) is 12.7. The fourth-order valence-electron chi connectivity index (χ4n) is 3.51. The van der Waals surface area contributed by atoms with Crippen LogP contribution in [-0.2, 0) is 20.0 Å². The van der Waals surface area contributed by atoms with E-state index in [-0.39, 0.29) is 27.1 Å². The number of hydrogen-bond acceptors (Lipinski definition) is 6. The van der Waals surface area contributed by atoms with E-state index in [1.165, 1.54) is 53.9 Å². The van der Waals surface area contributed by atoms with Crippen molar-refractivity contribution in [3.05, 3.63) is 48.0 Å². The Bertz CT molecular complexity index is 1180. The number of sulfonamides is 2. The third-order valence-electron chi connectivity index (χ3n) is 5.20. The summed E-state index contributed by atoms with van der Waals surface area (Å²) in [5.41, 5.74) is 0.460. The molecule has 2 aromatic carbocycles. The molecule has 0 aromatic heterocycles. The van der Waals surface area contributed by atoms with Gasteiger partial charge in [0.15, 0.2) is 0 Å². The highest BCUT2D eigenvalue weighted by Gasteiger charge is 2.33. The van der Waals surface area contributed by atoms with E-state index in [4.69, 9.17) is 9.88 Å². The van der Waals surface area contributed by atoms with Crippen LogP contribution in [0.2, 0.25) is 0 Å². The van der Waals surface area contributed by atoms with Gasteiger partial charge in [0.25, 0.3) is 5.91 Å². The Labute approximate surface area is 182 Å². The Morgan fingerprint density at radius 2 is 1.77 bits per heavy atom. The van der Waals surface area contributed by atoms with Crippen LogP contribution < -0.4 is 15.2 Å². The molecule has 1 atom stereocenters. The lowest BCUT2D eigenvalue weighted by Crippen LogP contribution is -2.42. The van der Waals surface area contributed by atoms with Crippen molar-refractivity contribution in [2.24, 2.45) is 5.14 Å². The molecule has 0 aliphatic carbocycles. The number of ether oxygens (including phenoxy) is 1. The maximum Gasteiger partial charge on any atom is 0.255 e. The molecule has 31 heavy (non-hydrogen) atoms. The van der Waals surface area contributed by atoms with Crippen LogP contribution in [0.3, 0.4) is 0 Å². The molecular formula is C20H25N3O6S2. The molecule has 1 amide bonds. The van der Waals surface area contributed by atoms with Crippen LogP contribution in [0.1, 0.15) is 36.5 Å². The zero-order valence-electron chi connectivity index (χ0n) is 17.2. The lowest BCUT2D eigenvalue weighted by Gasteiger charge is -2.32. The summed E-state index contributed by atoms with van der Waals surface area (Å²) in [6, 6.07) is 9.40. The highest BCUT2D eigenvalue weighted by Crippen LogP contribution is 2.32. The molecule has 168 valence electrons. The predicted molar refractivity (Wildman–Crippen MR) is 116 cm³/mol. The minimum absolute atomic E-state index is 0.0685. The van der Waals surface area contributed by atoms with Crippen molar-refractivity contribution >= 4 is 31.6 Å². The van der Waals surface area contributed by atoms with Gasteiger partial charge in [-0.2, -0.15) is 4.31 Å². The summed E-state index contributed by atoms with van der Waals surface area (Å²) in [5, 5.41) is 7.68. The number of methoxy groups -OCH3 is 1. The Morgan fingerprint density at radius 1 is 1.10 bits per heavy atom. The molecule has 0 saturated carbocycles. The third-order valence-corrected chi connectivity index (χ3v) is 8.16. The van der Waals surface area contributed by atoms with Gasteiger partial charge >= 0.3 is 0 Å². The molecular weight excluding hydrogens is 442 g/mol. The zero-order valence-corrected chi connectivity index (χ0v) is 18.9. The molecule has 1 heterocycles. The Morgan fingerprint density at radius 3 is 2.35 bits per heavy atom. The number of rotatable bonds is 6. The van der Waals surface area contributed by atoms with Gasteiger partial charge < -0.3 is 10.1 Å². The zero-order chi connectivity index (χ0) is 22.8. The van der Waals surface area contributed by atoms with Crippen LogP contribution in [0.15, 0.2) is 52.3 Å². The van der Waals surface area contributed by atoms with Crippen molar-refractivity contribution in [1.82, 2.24) is 4.31 Å². The monoisotopic (exact) mass is 467 g/mol. The molecule has 1 aliphatic rings. The molecule has 3 N–H and O–H groups in total. The van der Waals surface area contributed by atoms with E-state index in [0.717, 1.165) is 19.3 Å². The van der Waals surface area contributed by atoms with Gasteiger partial charge in [-0.05, 0) is 62.2 Å². The number of nitrogens with two attached hydrogens (primary N) is 1. The van der Waals surface area contributed by atoms with Gasteiger partial charge in [-0.1, -0.05) is 6.42 Å². The average molecular weight is 468 g/mol. The predicted octanol–water partition coefficient (Wildman–Crippen LogP) is 2.16. The number of hydrogen-bond donors (Lipinski definition) is 2. The van der Waals surface area contributed by atoms with Gasteiger partial charge in [-0.3, -0.25) is 4.79 Å². The van der Waals surface area contributed by atoms with E-state index in [2.05, 4.69) is 5.32 Å². The van der Waals surface area contributed by atoms with Crippen LogP contribution in [-0.4, -0.2) is 46.7 Å². The molecule has 0 bridgehead atoms. The summed E-state index contributed by atoms with van der Waals surface area (Å²) >= 11 is 0. The summed E-state index contributed by atoms with van der Waals surface area (Å²) < 4.78 is 56.0. The number of benzene rings is 2. The number of anilines is 1. The Kier molecular flexibility index (Phi) is 6.70. The molecule has 1 fully saturated rings. The SMILES string of the molecule is COc1ccc(C(=O)Nc2ccc(S(N)(=O)=O)cc2)cc1S(=O)(=O)N1CCCCC1C. The molecule has 1 aliphatic heterocycles. The Balaban J connectivity index is 1.90. The van der Waals surface area contributed by atoms with Gasteiger partial charge in [0, 0.05) is 23.8 Å². The topological polar surface area (TPSA) is 136 Å². The second-order valence-electron chi connectivity index (χ2n) is 7.35. The van der Waals surface area contributed by atoms with E-state index in [1.807, 2.05) is 6.92 Å². The molecule has 2 aromatic rings. The maximum atomic E-state index is 13.3. The van der Waals surface area contributed by atoms with E-state index in [1.54, 1.807) is 0 Å². The minimum atomic E-state index is -3.86. The highest BCUT2D eigenvalue weighted by molar-refractivity contribution is 7.89. The first kappa shape index (κ1) is 23.2. The fourth-order valence-corrected chi connectivity index (χ4v) is 5.90. The second-order valence-corrected chi connectivity index (χ2v) is 10.8. The van der Waals surface area contributed by atoms with Gasteiger partial charge in [-0.15, -0.1) is 0 Å². The molecule has 3 rings (SSSR count). The first-order chi connectivity index (χ1) is 14.5. The van der Waals surface area contributed by atoms with Crippen molar-refractivity contribution in [3.8, 4) is 5.75 Å². The number of primary sulfonamides is 1. The van der Waals surface area contributed by atoms with E-state index in [0.29, 0.717) is 12.2 Å². The third kappa shape index (κ3) is 5.06. The maximum absolute atomic E-state index is 13.3. The number of nitrogens with zero attached hydrogens (tertiary/aromatic N) is 1. The second kappa shape index (κ2) is 8.95. The molecule has 11 heteroatoms. The lowest BCUT2D eigenvalue weighted by molar-refractivity contribution is 0.102. The van der Waals surface area contributed by atoms with E-state index < -0.39 is 26.0 Å². The lowest BCUT2D eigenvalue weighted by atomic mass is 10.1. The van der Waals surface area contributed by atoms with Crippen molar-refractivity contribution in [2.75, 3.05) is 19.0 Å². The van der Waals surface area contributed by atoms with Crippen LogP contribution in [0.5, 0.6) is 5.75 Å². The largest absolute Gasteiger partial charge is 0.495 e. The molecule has 1 saturated heterocycles. The number of carbonyl (C=O) groups excluding carboxylic acids is 1. The average Bonchev–Trinajstić information content (AvgIpc) is 2.73. The summed E-state index contributed by atoms with van der Waals surface area (Å²) in [7, 11) is -6.32. The fraction of sp³-hybridized carbons (Fsp3) is 0.350. The van der Waals surface area contributed by atoms with Crippen LogP contribution in [0.25, 0.3) is 0 Å². The van der Waals surface area contributed by atoms with E-state index >= 15 is 0 Å². The van der Waals surface area contributed by atoms with Crippen LogP contribution in [0, 0.1) is 0 Å². The molecule has 0 radical (unpaired) electrons. The van der Waals surface area contributed by atoms with Gasteiger partial charge in [-0.25, -0.2) is 22.0 Å². The van der Waals surface area contributed by atoms with Crippen molar-refractivity contribution in [3.63, 3.8) is 0 Å². The summed E-state index contributed by atoms with van der Waals surface area (Å²) in [5.74, 6) is -0.388. The number of piperidine rings is 1. The number of nitrogens with one attached hydrogen (secondary N) is 1. The van der Waals surface area contributed by atoms with Crippen molar-refractivity contribution in [1.29, 1.82) is 0 Å². The van der Waals surface area contributed by atoms with Crippen LogP contribution in [0.4, 0.5) is 5.69 Å². The first-order valence-electron chi connectivity index (χ1n) is 9.68. The number of amides is 1. The van der Waals surface area contributed by atoms with Gasteiger partial charge in [0.1, 0.15) is 10.6 Å². The highest BCUT2D eigenvalue weighted by atomic mass is 32.2. The van der Waals surface area contributed by atoms with Crippen LogP contribution >= 0.6 is 0 Å². The van der Waals surface area contributed by atoms with Gasteiger partial charge in [0.05, 0.1) is 12.0 Å². The Hall–Kier alpha value is -2.47. The standard InChI is InChI=1S/C20H25N3O6S2/c1-14-5-3-4-12-23(14)31(27,28)19-13-15(6-11-18(19)29-2)20(24)22-16-7-9-17(10-8-16)30(21,25)26/h6-11,13-14H,3-5,12H2,1-2H3,(H,22,24)(H2,21,25,26). The quantitative estimate of drug-likeness (QED) is 0.668. The van der Waals surface area contributed by atoms with E-state index in [9.17, 15) is 21.6 Å². The summed E-state index contributed by atoms with van der Waals surface area (Å²) in [4.78, 5) is 12.6. The van der Waals surface area contributed by atoms with Gasteiger partial charge in [0.2, 0.25) is 20.0 Å². The summed E-state index contributed by atoms with van der Waals surface area (Å²) in [6.45, 7) is 2.28. The normalized spacial score (nSPS) is 17.8. The minimum Gasteiger partial charge on any atom is -0.495 e.